The monoisotopic (exact) mass is 349 g/mol. The minimum absolute atomic E-state index is 0.0546. The molecule has 1 aliphatic rings. The van der Waals surface area contributed by atoms with E-state index < -0.39 is 0 Å². The average molecular weight is 351 g/mol. The zero-order chi connectivity index (χ0) is 14.3. The number of rotatable bonds is 1. The standard InChI is InChI=1S/C16H13BrClNO/c1-19-15(20)8-11-2-5-12(17)9-14(11)16(19)10-3-6-13(18)7-4-10/h2-7,9,16H,8H2,1H3. The molecule has 1 amide bonds. The van der Waals surface area contributed by atoms with E-state index in [1.165, 1.54) is 5.56 Å². The van der Waals surface area contributed by atoms with Gasteiger partial charge >= 0.3 is 0 Å². The average Bonchev–Trinajstić information content (AvgIpc) is 2.42. The van der Waals surface area contributed by atoms with Gasteiger partial charge in [-0.05, 0) is 41.0 Å². The van der Waals surface area contributed by atoms with Gasteiger partial charge in [-0.15, -0.1) is 0 Å². The van der Waals surface area contributed by atoms with Crippen molar-refractivity contribution in [2.24, 2.45) is 0 Å². The van der Waals surface area contributed by atoms with Crippen molar-refractivity contribution in [2.75, 3.05) is 7.05 Å². The Labute approximate surface area is 131 Å². The van der Waals surface area contributed by atoms with Crippen LogP contribution in [0.2, 0.25) is 5.02 Å². The number of carbonyl (C=O) groups excluding carboxylic acids is 1. The number of carbonyl (C=O) groups is 1. The molecule has 1 heterocycles. The van der Waals surface area contributed by atoms with Gasteiger partial charge in [-0.25, -0.2) is 0 Å². The van der Waals surface area contributed by atoms with Crippen LogP contribution in [0, 0.1) is 0 Å². The van der Waals surface area contributed by atoms with Gasteiger partial charge in [-0.3, -0.25) is 4.79 Å². The summed E-state index contributed by atoms with van der Waals surface area (Å²) in [5.74, 6) is 0.139. The molecule has 2 aromatic rings. The highest BCUT2D eigenvalue weighted by Gasteiger charge is 2.30. The quantitative estimate of drug-likeness (QED) is 0.754. The second kappa shape index (κ2) is 5.23. The largest absolute Gasteiger partial charge is 0.334 e. The van der Waals surface area contributed by atoms with Crippen molar-refractivity contribution in [1.29, 1.82) is 0 Å². The molecule has 1 atom stereocenters. The van der Waals surface area contributed by atoms with Gasteiger partial charge in [0.25, 0.3) is 0 Å². The maximum absolute atomic E-state index is 12.2. The van der Waals surface area contributed by atoms with E-state index in [4.69, 9.17) is 11.6 Å². The molecule has 20 heavy (non-hydrogen) atoms. The highest BCUT2D eigenvalue weighted by molar-refractivity contribution is 9.10. The zero-order valence-corrected chi connectivity index (χ0v) is 13.3. The van der Waals surface area contributed by atoms with Crippen LogP contribution in [0.25, 0.3) is 0 Å². The summed E-state index contributed by atoms with van der Waals surface area (Å²) in [5.41, 5.74) is 3.34. The summed E-state index contributed by atoms with van der Waals surface area (Å²) < 4.78 is 1.03. The van der Waals surface area contributed by atoms with Crippen LogP contribution in [0.1, 0.15) is 22.7 Å². The van der Waals surface area contributed by atoms with Gasteiger partial charge in [0.2, 0.25) is 5.91 Å². The number of nitrogens with zero attached hydrogens (tertiary/aromatic N) is 1. The number of hydrogen-bond donors (Lipinski definition) is 0. The third-order valence-corrected chi connectivity index (χ3v) is 4.46. The summed E-state index contributed by atoms with van der Waals surface area (Å²) in [6, 6.07) is 13.7. The topological polar surface area (TPSA) is 20.3 Å². The fourth-order valence-corrected chi connectivity index (χ4v) is 3.17. The van der Waals surface area contributed by atoms with Gasteiger partial charge in [0.1, 0.15) is 0 Å². The fourth-order valence-electron chi connectivity index (χ4n) is 2.67. The maximum Gasteiger partial charge on any atom is 0.227 e. The molecule has 2 nitrogen and oxygen atoms in total. The minimum atomic E-state index is -0.0546. The Kier molecular flexibility index (Phi) is 3.57. The first kappa shape index (κ1) is 13.7. The molecule has 0 radical (unpaired) electrons. The molecule has 0 aliphatic carbocycles. The minimum Gasteiger partial charge on any atom is -0.334 e. The second-order valence-electron chi connectivity index (χ2n) is 4.98. The predicted molar refractivity (Wildman–Crippen MR) is 83.9 cm³/mol. The van der Waals surface area contributed by atoms with E-state index in [1.54, 1.807) is 4.90 Å². The van der Waals surface area contributed by atoms with E-state index >= 15 is 0 Å². The second-order valence-corrected chi connectivity index (χ2v) is 6.33. The van der Waals surface area contributed by atoms with Gasteiger partial charge in [-0.2, -0.15) is 0 Å². The van der Waals surface area contributed by atoms with E-state index in [2.05, 4.69) is 22.0 Å². The summed E-state index contributed by atoms with van der Waals surface area (Å²) in [7, 11) is 1.85. The number of hydrogen-bond acceptors (Lipinski definition) is 1. The van der Waals surface area contributed by atoms with Crippen molar-refractivity contribution in [3.8, 4) is 0 Å². The SMILES string of the molecule is CN1C(=O)Cc2ccc(Br)cc2C1c1ccc(Cl)cc1. The Morgan fingerprint density at radius 2 is 1.90 bits per heavy atom. The molecule has 3 rings (SSSR count). The first-order chi connectivity index (χ1) is 9.56. The Hall–Kier alpha value is -1.32. The molecule has 0 aromatic heterocycles. The zero-order valence-electron chi connectivity index (χ0n) is 10.9. The van der Waals surface area contributed by atoms with Crippen LogP contribution in [-0.2, 0) is 11.2 Å². The lowest BCUT2D eigenvalue weighted by Gasteiger charge is -2.35. The molecule has 1 unspecified atom stereocenters. The van der Waals surface area contributed by atoms with Crippen LogP contribution >= 0.6 is 27.5 Å². The van der Waals surface area contributed by atoms with Crippen LogP contribution < -0.4 is 0 Å². The number of fused-ring (bicyclic) bond motifs is 1. The lowest BCUT2D eigenvalue weighted by atomic mass is 9.88. The van der Waals surface area contributed by atoms with Crippen molar-refractivity contribution in [2.45, 2.75) is 12.5 Å². The van der Waals surface area contributed by atoms with Crippen LogP contribution in [-0.4, -0.2) is 17.9 Å². The summed E-state index contributed by atoms with van der Waals surface area (Å²) in [5, 5.41) is 0.702. The maximum atomic E-state index is 12.2. The van der Waals surface area contributed by atoms with Crippen molar-refractivity contribution in [3.05, 3.63) is 68.7 Å². The predicted octanol–water partition coefficient (Wildman–Crippen LogP) is 4.21. The molecule has 102 valence electrons. The smallest absolute Gasteiger partial charge is 0.227 e. The van der Waals surface area contributed by atoms with Crippen LogP contribution in [0.5, 0.6) is 0 Å². The number of halogens is 2. The Balaban J connectivity index is 2.15. The highest BCUT2D eigenvalue weighted by atomic mass is 79.9. The Morgan fingerprint density at radius 1 is 1.20 bits per heavy atom. The lowest BCUT2D eigenvalue weighted by Crippen LogP contribution is -2.37. The third kappa shape index (κ3) is 2.36. The number of amides is 1. The molecule has 1 aliphatic heterocycles. The molecule has 0 saturated heterocycles. The molecule has 0 bridgehead atoms. The van der Waals surface area contributed by atoms with Crippen molar-refractivity contribution in [3.63, 3.8) is 0 Å². The summed E-state index contributed by atoms with van der Waals surface area (Å²) in [6.07, 6.45) is 0.462. The number of benzene rings is 2. The summed E-state index contributed by atoms with van der Waals surface area (Å²) >= 11 is 9.47. The molecule has 0 fully saturated rings. The van der Waals surface area contributed by atoms with E-state index in [-0.39, 0.29) is 11.9 Å². The van der Waals surface area contributed by atoms with Gasteiger partial charge in [0.15, 0.2) is 0 Å². The first-order valence-corrected chi connectivity index (χ1v) is 7.53. The molecule has 0 saturated carbocycles. The summed E-state index contributed by atoms with van der Waals surface area (Å²) in [4.78, 5) is 14.0. The van der Waals surface area contributed by atoms with Crippen LogP contribution in [0.3, 0.4) is 0 Å². The Morgan fingerprint density at radius 3 is 2.60 bits per heavy atom. The molecule has 0 N–H and O–H groups in total. The van der Waals surface area contributed by atoms with E-state index in [9.17, 15) is 4.79 Å². The molecule has 2 aromatic carbocycles. The van der Waals surface area contributed by atoms with Crippen molar-refractivity contribution < 1.29 is 4.79 Å². The van der Waals surface area contributed by atoms with E-state index in [1.807, 2.05) is 43.4 Å². The first-order valence-electron chi connectivity index (χ1n) is 6.35. The number of likely N-dealkylation sites (N-methyl/N-ethyl adjacent to an activating group) is 1. The third-order valence-electron chi connectivity index (χ3n) is 3.71. The van der Waals surface area contributed by atoms with E-state index in [0.717, 1.165) is 15.6 Å². The van der Waals surface area contributed by atoms with E-state index in [0.29, 0.717) is 11.4 Å². The lowest BCUT2D eigenvalue weighted by molar-refractivity contribution is -0.131. The molecule has 0 spiro atoms. The van der Waals surface area contributed by atoms with Crippen LogP contribution in [0.15, 0.2) is 46.9 Å². The summed E-state index contributed by atoms with van der Waals surface area (Å²) in [6.45, 7) is 0. The highest BCUT2D eigenvalue weighted by Crippen LogP contribution is 2.36. The van der Waals surface area contributed by atoms with Gasteiger partial charge in [-0.1, -0.05) is 45.7 Å². The molecular formula is C16H13BrClNO. The fraction of sp³-hybridized carbons (Fsp3) is 0.188. The van der Waals surface area contributed by atoms with Gasteiger partial charge < -0.3 is 4.90 Å². The van der Waals surface area contributed by atoms with Crippen molar-refractivity contribution >= 4 is 33.4 Å². The van der Waals surface area contributed by atoms with Crippen molar-refractivity contribution in [1.82, 2.24) is 4.90 Å². The molecule has 4 heteroatoms. The van der Waals surface area contributed by atoms with Gasteiger partial charge in [0, 0.05) is 16.5 Å². The normalized spacial score (nSPS) is 18.1. The van der Waals surface area contributed by atoms with Crippen LogP contribution in [0.4, 0.5) is 0 Å². The Bertz CT molecular complexity index is 669. The molecular weight excluding hydrogens is 338 g/mol. The van der Waals surface area contributed by atoms with Gasteiger partial charge in [0.05, 0.1) is 12.5 Å².